The first-order valence-corrected chi connectivity index (χ1v) is 6.59. The average molecular weight is 261 g/mol. The van der Waals surface area contributed by atoms with Crippen LogP contribution in [0, 0.1) is 11.8 Å². The number of aliphatic hydroxyl groups excluding tert-OH is 1. The van der Waals surface area contributed by atoms with Crippen LogP contribution in [0.4, 0.5) is 0 Å². The second-order valence-corrected chi connectivity index (χ2v) is 4.72. The Balaban J connectivity index is 2.73. The molecule has 1 aromatic carbocycles. The maximum absolute atomic E-state index is 8.72. The number of methoxy groups -OCH3 is 1. The summed E-state index contributed by atoms with van der Waals surface area (Å²) in [4.78, 5) is 2.36. The van der Waals surface area contributed by atoms with E-state index >= 15 is 0 Å². The largest absolute Gasteiger partial charge is 0.384 e. The quantitative estimate of drug-likeness (QED) is 0.794. The summed E-state index contributed by atoms with van der Waals surface area (Å²) in [6, 6.07) is 8.62. The summed E-state index contributed by atoms with van der Waals surface area (Å²) in [5.74, 6) is 5.61. The van der Waals surface area contributed by atoms with Crippen molar-refractivity contribution in [3.63, 3.8) is 0 Å². The normalized spacial score (nSPS) is 10.6. The molecular formula is C16H23NO2. The van der Waals surface area contributed by atoms with E-state index in [1.165, 1.54) is 5.56 Å². The van der Waals surface area contributed by atoms with Gasteiger partial charge in [-0.15, -0.1) is 0 Å². The lowest BCUT2D eigenvalue weighted by Crippen LogP contribution is -2.33. The number of aliphatic hydroxyl groups is 1. The van der Waals surface area contributed by atoms with Gasteiger partial charge in [-0.05, 0) is 31.5 Å². The minimum atomic E-state index is -0.101. The van der Waals surface area contributed by atoms with E-state index in [-0.39, 0.29) is 6.61 Å². The van der Waals surface area contributed by atoms with E-state index in [1.54, 1.807) is 7.11 Å². The first-order valence-electron chi connectivity index (χ1n) is 6.59. The molecule has 0 spiro atoms. The molecule has 1 rings (SSSR count). The summed E-state index contributed by atoms with van der Waals surface area (Å²) >= 11 is 0. The van der Waals surface area contributed by atoms with Crippen molar-refractivity contribution in [1.82, 2.24) is 4.90 Å². The van der Waals surface area contributed by atoms with E-state index in [9.17, 15) is 0 Å². The molecule has 0 atom stereocenters. The minimum absolute atomic E-state index is 0.101. The highest BCUT2D eigenvalue weighted by Gasteiger charge is 2.09. The summed E-state index contributed by atoms with van der Waals surface area (Å²) in [6.07, 6.45) is 0. The van der Waals surface area contributed by atoms with E-state index in [0.29, 0.717) is 6.04 Å². The maximum Gasteiger partial charge on any atom is 0.104 e. The lowest BCUT2D eigenvalue weighted by molar-refractivity contribution is 0.125. The molecule has 19 heavy (non-hydrogen) atoms. The van der Waals surface area contributed by atoms with E-state index in [2.05, 4.69) is 42.7 Å². The smallest absolute Gasteiger partial charge is 0.104 e. The molecule has 0 amide bonds. The molecule has 0 aromatic heterocycles. The van der Waals surface area contributed by atoms with Crippen molar-refractivity contribution in [3.8, 4) is 11.8 Å². The van der Waals surface area contributed by atoms with Gasteiger partial charge in [-0.1, -0.05) is 24.0 Å². The van der Waals surface area contributed by atoms with Gasteiger partial charge in [-0.2, -0.15) is 0 Å². The zero-order valence-electron chi connectivity index (χ0n) is 12.0. The van der Waals surface area contributed by atoms with Gasteiger partial charge in [0, 0.05) is 31.8 Å². The first kappa shape index (κ1) is 15.7. The van der Waals surface area contributed by atoms with Gasteiger partial charge < -0.3 is 9.84 Å². The van der Waals surface area contributed by atoms with Crippen LogP contribution >= 0.6 is 0 Å². The van der Waals surface area contributed by atoms with Crippen molar-refractivity contribution in [2.45, 2.75) is 26.4 Å². The van der Waals surface area contributed by atoms with Crippen molar-refractivity contribution >= 4 is 0 Å². The Kier molecular flexibility index (Phi) is 7.20. The van der Waals surface area contributed by atoms with E-state index in [4.69, 9.17) is 9.84 Å². The Hall–Kier alpha value is -1.34. The zero-order valence-corrected chi connectivity index (χ0v) is 12.0. The minimum Gasteiger partial charge on any atom is -0.384 e. The van der Waals surface area contributed by atoms with Crippen molar-refractivity contribution in [3.05, 3.63) is 35.4 Å². The predicted octanol–water partition coefficient (Wildman–Crippen LogP) is 1.89. The number of nitrogens with zero attached hydrogens (tertiary/aromatic N) is 1. The average Bonchev–Trinajstić information content (AvgIpc) is 2.41. The molecule has 1 N–H and O–H groups in total. The standard InChI is InChI=1S/C16H23NO2/c1-14(2)17(9-11-19-3)13-16-7-4-6-15(12-16)8-5-10-18/h4,6-7,12,14,18H,9-11,13H2,1-3H3. The van der Waals surface area contributed by atoms with Crippen molar-refractivity contribution in [1.29, 1.82) is 0 Å². The molecular weight excluding hydrogens is 238 g/mol. The Morgan fingerprint density at radius 2 is 2.16 bits per heavy atom. The number of hydrogen-bond acceptors (Lipinski definition) is 3. The van der Waals surface area contributed by atoms with Crippen molar-refractivity contribution in [2.75, 3.05) is 26.9 Å². The summed E-state index contributed by atoms with van der Waals surface area (Å²) in [5.41, 5.74) is 2.18. The monoisotopic (exact) mass is 261 g/mol. The van der Waals surface area contributed by atoms with Gasteiger partial charge in [0.25, 0.3) is 0 Å². The van der Waals surface area contributed by atoms with Gasteiger partial charge in [-0.25, -0.2) is 0 Å². The van der Waals surface area contributed by atoms with Crippen LogP contribution in [0.3, 0.4) is 0 Å². The van der Waals surface area contributed by atoms with E-state index in [1.807, 2.05) is 12.1 Å². The van der Waals surface area contributed by atoms with Gasteiger partial charge in [0.2, 0.25) is 0 Å². The highest BCUT2D eigenvalue weighted by molar-refractivity contribution is 5.37. The van der Waals surface area contributed by atoms with E-state index < -0.39 is 0 Å². The SMILES string of the molecule is COCCN(Cc1cccc(C#CCO)c1)C(C)C. The van der Waals surface area contributed by atoms with Crippen LogP contribution < -0.4 is 0 Å². The molecule has 3 heteroatoms. The summed E-state index contributed by atoms with van der Waals surface area (Å²) in [5, 5.41) is 8.72. The highest BCUT2D eigenvalue weighted by Crippen LogP contribution is 2.10. The van der Waals surface area contributed by atoms with Crippen LogP contribution in [0.5, 0.6) is 0 Å². The van der Waals surface area contributed by atoms with Crippen LogP contribution in [-0.2, 0) is 11.3 Å². The van der Waals surface area contributed by atoms with Gasteiger partial charge in [0.15, 0.2) is 0 Å². The molecule has 3 nitrogen and oxygen atoms in total. The molecule has 0 aliphatic rings. The Morgan fingerprint density at radius 3 is 2.79 bits per heavy atom. The molecule has 0 aliphatic heterocycles. The molecule has 0 fully saturated rings. The second-order valence-electron chi connectivity index (χ2n) is 4.72. The number of rotatable bonds is 6. The van der Waals surface area contributed by atoms with Crippen molar-refractivity contribution in [2.24, 2.45) is 0 Å². The highest BCUT2D eigenvalue weighted by atomic mass is 16.5. The topological polar surface area (TPSA) is 32.7 Å². The third-order valence-corrected chi connectivity index (χ3v) is 2.94. The maximum atomic E-state index is 8.72. The third kappa shape index (κ3) is 5.89. The summed E-state index contributed by atoms with van der Waals surface area (Å²) in [7, 11) is 1.73. The fourth-order valence-corrected chi connectivity index (χ4v) is 1.85. The summed E-state index contributed by atoms with van der Waals surface area (Å²) < 4.78 is 5.15. The lowest BCUT2D eigenvalue weighted by atomic mass is 10.1. The summed E-state index contributed by atoms with van der Waals surface area (Å²) in [6.45, 7) is 6.81. The zero-order chi connectivity index (χ0) is 14.1. The van der Waals surface area contributed by atoms with Gasteiger partial charge in [0.1, 0.15) is 6.61 Å². The molecule has 0 saturated heterocycles. The van der Waals surface area contributed by atoms with Crippen LogP contribution in [0.2, 0.25) is 0 Å². The predicted molar refractivity (Wildman–Crippen MR) is 77.8 cm³/mol. The first-order chi connectivity index (χ1) is 9.17. The Morgan fingerprint density at radius 1 is 1.37 bits per heavy atom. The fourth-order valence-electron chi connectivity index (χ4n) is 1.85. The van der Waals surface area contributed by atoms with Crippen LogP contribution in [0.1, 0.15) is 25.0 Å². The molecule has 1 aromatic rings. The van der Waals surface area contributed by atoms with Crippen LogP contribution in [0.25, 0.3) is 0 Å². The lowest BCUT2D eigenvalue weighted by Gasteiger charge is -2.26. The number of ether oxygens (including phenoxy) is 1. The molecule has 0 unspecified atom stereocenters. The number of hydrogen-bond donors (Lipinski definition) is 1. The Bertz CT molecular complexity index is 432. The van der Waals surface area contributed by atoms with Crippen LogP contribution in [-0.4, -0.2) is 42.9 Å². The Labute approximate surface area is 116 Å². The van der Waals surface area contributed by atoms with Gasteiger partial charge >= 0.3 is 0 Å². The van der Waals surface area contributed by atoms with Crippen LogP contribution in [0.15, 0.2) is 24.3 Å². The van der Waals surface area contributed by atoms with E-state index in [0.717, 1.165) is 25.3 Å². The molecule has 0 aliphatic carbocycles. The third-order valence-electron chi connectivity index (χ3n) is 2.94. The second kappa shape index (κ2) is 8.71. The molecule has 0 saturated carbocycles. The van der Waals surface area contributed by atoms with Gasteiger partial charge in [0.05, 0.1) is 6.61 Å². The molecule has 0 radical (unpaired) electrons. The molecule has 0 heterocycles. The molecule has 0 bridgehead atoms. The van der Waals surface area contributed by atoms with Crippen molar-refractivity contribution < 1.29 is 9.84 Å². The fraction of sp³-hybridized carbons (Fsp3) is 0.500. The van der Waals surface area contributed by atoms with Gasteiger partial charge in [-0.3, -0.25) is 4.90 Å². The number of benzene rings is 1. The molecule has 104 valence electrons.